The van der Waals surface area contributed by atoms with E-state index in [1.165, 1.54) is 0 Å². The lowest BCUT2D eigenvalue weighted by Gasteiger charge is -2.13. The van der Waals surface area contributed by atoms with Crippen molar-refractivity contribution in [3.63, 3.8) is 0 Å². The first-order valence-electron chi connectivity index (χ1n) is 6.33. The van der Waals surface area contributed by atoms with Crippen LogP contribution in [0.5, 0.6) is 11.5 Å². The van der Waals surface area contributed by atoms with Gasteiger partial charge in [0.1, 0.15) is 15.8 Å². The maximum Gasteiger partial charge on any atom is 0.349 e. The van der Waals surface area contributed by atoms with Crippen LogP contribution in [0.15, 0.2) is 18.2 Å². The van der Waals surface area contributed by atoms with Gasteiger partial charge in [0, 0.05) is 5.02 Å². The Hall–Kier alpha value is -0.550. The Bertz CT molecular complexity index is 777. The maximum absolute atomic E-state index is 11.9. The van der Waals surface area contributed by atoms with Crippen molar-refractivity contribution in [1.29, 1.82) is 0 Å². The van der Waals surface area contributed by atoms with Gasteiger partial charge in [0.15, 0.2) is 12.4 Å². The molecule has 24 heavy (non-hydrogen) atoms. The Morgan fingerprint density at radius 3 is 2.00 bits per heavy atom. The largest absolute Gasteiger partial charge is 0.479 e. The molecule has 0 saturated carbocycles. The van der Waals surface area contributed by atoms with Crippen molar-refractivity contribution in [2.24, 2.45) is 0 Å². The van der Waals surface area contributed by atoms with Crippen LogP contribution in [0.25, 0.3) is 0 Å². The first-order valence-corrected chi connectivity index (χ1v) is 8.60. The van der Waals surface area contributed by atoms with E-state index in [2.05, 4.69) is 0 Å². The molecule has 0 fully saturated rings. The number of esters is 1. The van der Waals surface area contributed by atoms with Crippen molar-refractivity contribution in [1.82, 2.24) is 0 Å². The number of rotatable bonds is 4. The monoisotopic (exact) mass is 446 g/mol. The predicted octanol–water partition coefficient (Wildman–Crippen LogP) is 6.90. The van der Waals surface area contributed by atoms with Crippen LogP contribution in [-0.2, 0) is 4.79 Å². The molecule has 0 bridgehead atoms. The second kappa shape index (κ2) is 8.22. The molecule has 3 nitrogen and oxygen atoms in total. The summed E-state index contributed by atoms with van der Waals surface area (Å²) in [5, 5.41) is 0.418. The van der Waals surface area contributed by atoms with Crippen LogP contribution in [0.4, 0.5) is 0 Å². The molecule has 0 heterocycles. The Morgan fingerprint density at radius 2 is 1.46 bits per heavy atom. The van der Waals surface area contributed by atoms with Crippen molar-refractivity contribution in [2.75, 3.05) is 6.61 Å². The smallest absolute Gasteiger partial charge is 0.349 e. The molecule has 0 unspecified atom stereocenters. The minimum atomic E-state index is -0.675. The van der Waals surface area contributed by atoms with Gasteiger partial charge in [0.05, 0.1) is 15.1 Å². The number of benzene rings is 2. The normalized spacial score (nSPS) is 10.6. The summed E-state index contributed by atoms with van der Waals surface area (Å²) in [4.78, 5) is 11.9. The van der Waals surface area contributed by atoms with E-state index in [1.807, 2.05) is 0 Å². The fourth-order valence-electron chi connectivity index (χ4n) is 1.68. The molecule has 128 valence electrons. The van der Waals surface area contributed by atoms with Gasteiger partial charge in [-0.15, -0.1) is 0 Å². The highest BCUT2D eigenvalue weighted by Gasteiger charge is 2.21. The molecule has 0 aliphatic rings. The van der Waals surface area contributed by atoms with Gasteiger partial charge in [-0.25, -0.2) is 4.79 Å². The van der Waals surface area contributed by atoms with Crippen LogP contribution in [0, 0.1) is 6.92 Å². The van der Waals surface area contributed by atoms with Crippen molar-refractivity contribution < 1.29 is 14.3 Å². The minimum absolute atomic E-state index is 0.0000932. The number of ether oxygens (including phenoxy) is 2. The van der Waals surface area contributed by atoms with Crippen molar-refractivity contribution in [2.45, 2.75) is 6.92 Å². The molecule has 2 rings (SSSR count). The Balaban J connectivity index is 2.11. The van der Waals surface area contributed by atoms with E-state index < -0.39 is 12.6 Å². The zero-order chi connectivity index (χ0) is 18.0. The van der Waals surface area contributed by atoms with E-state index in [0.29, 0.717) is 10.8 Å². The summed E-state index contributed by atoms with van der Waals surface area (Å²) in [6.45, 7) is 1.32. The summed E-state index contributed by atoms with van der Waals surface area (Å²) in [5.74, 6) is -0.400. The molecule has 0 amide bonds. The van der Waals surface area contributed by atoms with E-state index in [-0.39, 0.29) is 30.9 Å². The summed E-state index contributed by atoms with van der Waals surface area (Å²) in [7, 11) is 0. The number of aryl methyl sites for hydroxylation is 1. The van der Waals surface area contributed by atoms with Crippen molar-refractivity contribution in [3.8, 4) is 11.5 Å². The van der Waals surface area contributed by atoms with E-state index in [0.717, 1.165) is 5.56 Å². The predicted molar refractivity (Wildman–Crippen MR) is 98.8 cm³/mol. The number of carbonyl (C=O) groups is 1. The topological polar surface area (TPSA) is 35.5 Å². The Kier molecular flexibility index (Phi) is 6.77. The van der Waals surface area contributed by atoms with E-state index in [4.69, 9.17) is 79.1 Å². The average molecular weight is 449 g/mol. The highest BCUT2D eigenvalue weighted by atomic mass is 35.5. The number of hydrogen-bond acceptors (Lipinski definition) is 3. The number of hydrogen-bond donors (Lipinski definition) is 0. The molecule has 2 aromatic rings. The third kappa shape index (κ3) is 4.34. The molecule has 2 aromatic carbocycles. The third-order valence-corrected chi connectivity index (χ3v) is 5.53. The molecule has 0 N–H and O–H groups in total. The molecule has 0 radical (unpaired) electrons. The van der Waals surface area contributed by atoms with Crippen molar-refractivity contribution >= 4 is 75.6 Å². The van der Waals surface area contributed by atoms with Crippen LogP contribution < -0.4 is 9.47 Å². The molecular weight excluding hydrogens is 441 g/mol. The summed E-state index contributed by atoms with van der Waals surface area (Å²) in [6.07, 6.45) is 0. The molecule has 0 aromatic heterocycles. The molecule has 0 atom stereocenters. The first kappa shape index (κ1) is 19.8. The summed E-state index contributed by atoms with van der Waals surface area (Å²) >= 11 is 35.6. The van der Waals surface area contributed by atoms with Gasteiger partial charge in [-0.1, -0.05) is 69.6 Å². The lowest BCUT2D eigenvalue weighted by molar-refractivity contribution is -0.136. The van der Waals surface area contributed by atoms with E-state index >= 15 is 0 Å². The molecular formula is C15H8Cl6O3. The van der Waals surface area contributed by atoms with E-state index in [1.54, 1.807) is 25.1 Å². The number of carbonyl (C=O) groups excluding carboxylic acids is 1. The van der Waals surface area contributed by atoms with Crippen molar-refractivity contribution in [3.05, 3.63) is 53.9 Å². The van der Waals surface area contributed by atoms with Gasteiger partial charge in [-0.2, -0.15) is 0 Å². The lowest BCUT2D eigenvalue weighted by atomic mass is 10.2. The zero-order valence-corrected chi connectivity index (χ0v) is 16.5. The van der Waals surface area contributed by atoms with Crippen LogP contribution >= 0.6 is 69.6 Å². The minimum Gasteiger partial charge on any atom is -0.479 e. The molecule has 0 spiro atoms. The summed E-state index contributed by atoms with van der Waals surface area (Å²) in [6, 6.07) is 4.80. The summed E-state index contributed by atoms with van der Waals surface area (Å²) in [5.41, 5.74) is 0.769. The highest BCUT2D eigenvalue weighted by molar-refractivity contribution is 6.55. The zero-order valence-electron chi connectivity index (χ0n) is 11.9. The Labute approximate surface area is 168 Å². The van der Waals surface area contributed by atoms with Crippen LogP contribution in [0.3, 0.4) is 0 Å². The molecule has 9 heteroatoms. The molecule has 0 aliphatic carbocycles. The van der Waals surface area contributed by atoms with Gasteiger partial charge >= 0.3 is 5.97 Å². The molecule has 0 saturated heterocycles. The standard InChI is InChI=1S/C15H8Cl6O3/c1-6-4-7(2-3-8(6)16)24-9(22)5-23-15-13(20)11(18)10(17)12(19)14(15)21/h2-4H,5H2,1H3. The first-order chi connectivity index (χ1) is 11.2. The second-order valence-electron chi connectivity index (χ2n) is 4.57. The quantitative estimate of drug-likeness (QED) is 0.221. The van der Waals surface area contributed by atoms with E-state index in [9.17, 15) is 4.79 Å². The van der Waals surface area contributed by atoms with Crippen LogP contribution in [-0.4, -0.2) is 12.6 Å². The third-order valence-electron chi connectivity index (χ3n) is 2.86. The Morgan fingerprint density at radius 1 is 0.917 bits per heavy atom. The van der Waals surface area contributed by atoms with Gasteiger partial charge in [0.2, 0.25) is 0 Å². The maximum atomic E-state index is 11.9. The van der Waals surface area contributed by atoms with Gasteiger partial charge in [-0.05, 0) is 30.7 Å². The van der Waals surface area contributed by atoms with Gasteiger partial charge < -0.3 is 9.47 Å². The average Bonchev–Trinajstić information content (AvgIpc) is 2.54. The van der Waals surface area contributed by atoms with Crippen LogP contribution in [0.1, 0.15) is 5.56 Å². The lowest BCUT2D eigenvalue weighted by Crippen LogP contribution is -2.18. The summed E-state index contributed by atoms with van der Waals surface area (Å²) < 4.78 is 10.4. The second-order valence-corrected chi connectivity index (χ2v) is 6.87. The molecule has 0 aliphatic heterocycles. The SMILES string of the molecule is Cc1cc(OC(=O)COc2c(Cl)c(Cl)c(Cl)c(Cl)c2Cl)ccc1Cl. The van der Waals surface area contributed by atoms with Crippen LogP contribution in [0.2, 0.25) is 30.1 Å². The fourth-order valence-corrected chi connectivity index (χ4v) is 3.03. The number of halogens is 6. The fraction of sp³-hybridized carbons (Fsp3) is 0.133. The van der Waals surface area contributed by atoms with Gasteiger partial charge in [0.25, 0.3) is 0 Å². The highest BCUT2D eigenvalue weighted by Crippen LogP contribution is 2.48. The van der Waals surface area contributed by atoms with Gasteiger partial charge in [-0.3, -0.25) is 0 Å².